The minimum Gasteiger partial charge on any atom is -0.350 e. The fraction of sp³-hybridized carbons (Fsp3) is 0.200. The van der Waals surface area contributed by atoms with Crippen LogP contribution in [-0.2, 0) is 32.6 Å². The molecule has 0 bridgehead atoms. The number of hydrogen-bond acceptors (Lipinski definition) is 4. The molecule has 0 fully saturated rings. The van der Waals surface area contributed by atoms with Crippen molar-refractivity contribution in [1.29, 1.82) is 0 Å². The Labute approximate surface area is 204 Å². The van der Waals surface area contributed by atoms with Gasteiger partial charge in [0.25, 0.3) is 0 Å². The van der Waals surface area contributed by atoms with Gasteiger partial charge in [-0.25, -0.2) is 13.6 Å². The quantitative estimate of drug-likeness (QED) is 0.418. The molecular weight excluding hydrogens is 474 g/mol. The first-order chi connectivity index (χ1) is 16.3. The molecule has 0 heterocycles. The first kappa shape index (κ1) is 25.4. The standard InChI is InChI=1S/C25H26ClN3O4S/c26-17-23(30)29(16-15-19-11-13-22(14-12-19)34(27,32)33)24(21-9-5-2-6-10-21)25(31)28-18-20-7-3-1-4-8-20/h1-14,24H,15-18H2,(H,28,31)(H2,27,32,33)/t24-/m1/s1. The molecule has 3 aromatic rings. The highest BCUT2D eigenvalue weighted by Gasteiger charge is 2.30. The van der Waals surface area contributed by atoms with E-state index in [1.807, 2.05) is 48.5 Å². The van der Waals surface area contributed by atoms with Gasteiger partial charge in [-0.1, -0.05) is 72.8 Å². The second-order valence-corrected chi connectivity index (χ2v) is 9.51. The Morgan fingerprint density at radius 2 is 1.47 bits per heavy atom. The molecular formula is C25H26ClN3O4S. The predicted molar refractivity (Wildman–Crippen MR) is 131 cm³/mol. The van der Waals surface area contributed by atoms with Crippen LogP contribution >= 0.6 is 11.6 Å². The van der Waals surface area contributed by atoms with Gasteiger partial charge >= 0.3 is 0 Å². The van der Waals surface area contributed by atoms with Gasteiger partial charge in [0.15, 0.2) is 0 Å². The van der Waals surface area contributed by atoms with Crippen molar-refractivity contribution in [2.75, 3.05) is 12.4 Å². The van der Waals surface area contributed by atoms with Gasteiger partial charge in [0.1, 0.15) is 11.9 Å². The van der Waals surface area contributed by atoms with Crippen LogP contribution in [-0.4, -0.2) is 37.6 Å². The summed E-state index contributed by atoms with van der Waals surface area (Å²) >= 11 is 5.91. The van der Waals surface area contributed by atoms with Crippen LogP contribution in [0.5, 0.6) is 0 Å². The summed E-state index contributed by atoms with van der Waals surface area (Å²) in [5.41, 5.74) is 2.39. The van der Waals surface area contributed by atoms with Gasteiger partial charge in [-0.2, -0.15) is 0 Å². The maximum Gasteiger partial charge on any atom is 0.247 e. The maximum atomic E-state index is 13.3. The molecule has 178 valence electrons. The molecule has 1 atom stereocenters. The number of nitrogens with two attached hydrogens (primary N) is 1. The van der Waals surface area contributed by atoms with Crippen molar-refractivity contribution in [3.05, 3.63) is 102 Å². The lowest BCUT2D eigenvalue weighted by molar-refractivity contribution is -0.139. The monoisotopic (exact) mass is 499 g/mol. The van der Waals surface area contributed by atoms with Gasteiger partial charge in [-0.15, -0.1) is 11.6 Å². The lowest BCUT2D eigenvalue weighted by atomic mass is 10.0. The van der Waals surface area contributed by atoms with E-state index in [0.29, 0.717) is 18.5 Å². The number of hydrogen-bond donors (Lipinski definition) is 2. The van der Waals surface area contributed by atoms with Crippen LogP contribution in [0.4, 0.5) is 0 Å². The number of benzene rings is 3. The van der Waals surface area contributed by atoms with Crippen molar-refractivity contribution >= 4 is 33.4 Å². The molecule has 0 radical (unpaired) electrons. The number of nitrogens with zero attached hydrogens (tertiary/aromatic N) is 1. The summed E-state index contributed by atoms with van der Waals surface area (Å²) in [7, 11) is -3.79. The van der Waals surface area contributed by atoms with Crippen molar-refractivity contribution in [1.82, 2.24) is 10.2 Å². The number of amides is 2. The molecule has 0 saturated heterocycles. The zero-order chi connectivity index (χ0) is 24.6. The number of halogens is 1. The summed E-state index contributed by atoms with van der Waals surface area (Å²) in [6.45, 7) is 0.527. The molecule has 0 aliphatic carbocycles. The van der Waals surface area contributed by atoms with E-state index in [1.54, 1.807) is 24.3 Å². The third kappa shape index (κ3) is 6.90. The number of sulfonamides is 1. The van der Waals surface area contributed by atoms with Gasteiger partial charge in [-0.05, 0) is 35.2 Å². The minimum atomic E-state index is -3.79. The molecule has 3 rings (SSSR count). The van der Waals surface area contributed by atoms with Crippen LogP contribution in [0.2, 0.25) is 0 Å². The van der Waals surface area contributed by atoms with Crippen LogP contribution in [0, 0.1) is 0 Å². The van der Waals surface area contributed by atoms with Crippen molar-refractivity contribution < 1.29 is 18.0 Å². The van der Waals surface area contributed by atoms with E-state index in [1.165, 1.54) is 17.0 Å². The van der Waals surface area contributed by atoms with E-state index in [-0.39, 0.29) is 29.1 Å². The molecule has 0 aromatic heterocycles. The SMILES string of the molecule is NS(=O)(=O)c1ccc(CCN(C(=O)CCl)[C@@H](C(=O)NCc2ccccc2)c2ccccc2)cc1. The average molecular weight is 500 g/mol. The predicted octanol–water partition coefficient (Wildman–Crippen LogP) is 3.00. The summed E-state index contributed by atoms with van der Waals surface area (Å²) in [6.07, 6.45) is 0.392. The summed E-state index contributed by atoms with van der Waals surface area (Å²) in [4.78, 5) is 27.6. The van der Waals surface area contributed by atoms with Gasteiger partial charge in [0.05, 0.1) is 4.90 Å². The fourth-order valence-corrected chi connectivity index (χ4v) is 4.23. The lowest BCUT2D eigenvalue weighted by Gasteiger charge is -2.31. The largest absolute Gasteiger partial charge is 0.350 e. The smallest absolute Gasteiger partial charge is 0.247 e. The number of nitrogens with one attached hydrogen (secondary N) is 1. The van der Waals surface area contributed by atoms with Crippen molar-refractivity contribution in [3.8, 4) is 0 Å². The Morgan fingerprint density at radius 1 is 0.882 bits per heavy atom. The summed E-state index contributed by atoms with van der Waals surface area (Å²) in [6, 6.07) is 23.8. The van der Waals surface area contributed by atoms with E-state index in [4.69, 9.17) is 16.7 Å². The van der Waals surface area contributed by atoms with Gasteiger partial charge < -0.3 is 10.2 Å². The number of primary sulfonamides is 1. The van der Waals surface area contributed by atoms with E-state index in [9.17, 15) is 18.0 Å². The molecule has 0 aliphatic rings. The second kappa shape index (κ2) is 11.8. The van der Waals surface area contributed by atoms with E-state index in [0.717, 1.165) is 11.1 Å². The van der Waals surface area contributed by atoms with Crippen molar-refractivity contribution in [2.45, 2.75) is 23.9 Å². The highest BCUT2D eigenvalue weighted by Crippen LogP contribution is 2.23. The number of alkyl halides is 1. The lowest BCUT2D eigenvalue weighted by Crippen LogP contribution is -2.45. The summed E-state index contributed by atoms with van der Waals surface area (Å²) in [5, 5.41) is 8.08. The van der Waals surface area contributed by atoms with Gasteiger partial charge in [0, 0.05) is 13.1 Å². The third-order valence-corrected chi connectivity index (χ3v) is 6.47. The van der Waals surface area contributed by atoms with Crippen LogP contribution in [0.25, 0.3) is 0 Å². The molecule has 0 saturated carbocycles. The number of rotatable bonds is 10. The first-order valence-electron chi connectivity index (χ1n) is 10.6. The van der Waals surface area contributed by atoms with Crippen LogP contribution in [0.1, 0.15) is 22.7 Å². The topological polar surface area (TPSA) is 110 Å². The van der Waals surface area contributed by atoms with Gasteiger partial charge in [-0.3, -0.25) is 9.59 Å². The average Bonchev–Trinajstić information content (AvgIpc) is 2.85. The molecule has 34 heavy (non-hydrogen) atoms. The van der Waals surface area contributed by atoms with Crippen molar-refractivity contribution in [2.24, 2.45) is 5.14 Å². The Kier molecular flexibility index (Phi) is 8.81. The zero-order valence-electron chi connectivity index (χ0n) is 18.4. The van der Waals surface area contributed by atoms with Crippen molar-refractivity contribution in [3.63, 3.8) is 0 Å². The normalized spacial score (nSPS) is 12.1. The molecule has 0 spiro atoms. The summed E-state index contributed by atoms with van der Waals surface area (Å²) < 4.78 is 23.0. The maximum absolute atomic E-state index is 13.3. The Bertz CT molecular complexity index is 1200. The second-order valence-electron chi connectivity index (χ2n) is 7.68. The minimum absolute atomic E-state index is 0.00684. The van der Waals surface area contributed by atoms with E-state index >= 15 is 0 Å². The van der Waals surface area contributed by atoms with Crippen LogP contribution < -0.4 is 10.5 Å². The highest BCUT2D eigenvalue weighted by atomic mass is 35.5. The highest BCUT2D eigenvalue weighted by molar-refractivity contribution is 7.89. The molecule has 2 amide bonds. The van der Waals surface area contributed by atoms with E-state index in [2.05, 4.69) is 5.32 Å². The van der Waals surface area contributed by atoms with Gasteiger partial charge in [0.2, 0.25) is 21.8 Å². The van der Waals surface area contributed by atoms with E-state index < -0.39 is 16.1 Å². The number of carbonyl (C=O) groups is 2. The molecule has 9 heteroatoms. The number of carbonyl (C=O) groups excluding carboxylic acids is 2. The Balaban J connectivity index is 1.83. The molecule has 7 nitrogen and oxygen atoms in total. The zero-order valence-corrected chi connectivity index (χ0v) is 20.0. The van der Waals surface area contributed by atoms with Crippen LogP contribution in [0.3, 0.4) is 0 Å². The Hall–Kier alpha value is -3.20. The molecule has 0 aliphatic heterocycles. The molecule has 0 unspecified atom stereocenters. The Morgan fingerprint density at radius 3 is 2.03 bits per heavy atom. The van der Waals surface area contributed by atoms with Crippen LogP contribution in [0.15, 0.2) is 89.8 Å². The first-order valence-corrected chi connectivity index (χ1v) is 12.7. The molecule has 3 aromatic carbocycles. The summed E-state index contributed by atoms with van der Waals surface area (Å²) in [5.74, 6) is -0.982. The fourth-order valence-electron chi connectivity index (χ4n) is 3.56. The molecule has 3 N–H and O–H groups in total. The third-order valence-electron chi connectivity index (χ3n) is 5.31.